The zero-order chi connectivity index (χ0) is 14.1. The number of carboxylic acid groups (broad SMARTS) is 1. The number of rotatable bonds is 10. The predicted octanol–water partition coefficient (Wildman–Crippen LogP) is 4.07. The first-order valence-corrected chi connectivity index (χ1v) is 8.09. The van der Waals surface area contributed by atoms with Gasteiger partial charge in [-0.15, -0.1) is 0 Å². The van der Waals surface area contributed by atoms with E-state index in [2.05, 4.69) is 11.8 Å². The van der Waals surface area contributed by atoms with Gasteiger partial charge in [0.15, 0.2) is 0 Å². The fraction of sp³-hybridized carbons (Fsp3) is 0.938. The van der Waals surface area contributed by atoms with E-state index in [4.69, 9.17) is 0 Å². The predicted molar refractivity (Wildman–Crippen MR) is 79.5 cm³/mol. The van der Waals surface area contributed by atoms with Crippen LogP contribution in [0.25, 0.3) is 0 Å². The van der Waals surface area contributed by atoms with E-state index in [1.165, 1.54) is 44.9 Å². The molecule has 0 aromatic carbocycles. The van der Waals surface area contributed by atoms with E-state index in [1.807, 2.05) is 6.92 Å². The van der Waals surface area contributed by atoms with Gasteiger partial charge < -0.3 is 5.11 Å². The van der Waals surface area contributed by atoms with Crippen molar-refractivity contribution in [1.82, 2.24) is 4.90 Å². The molecule has 112 valence electrons. The van der Waals surface area contributed by atoms with Gasteiger partial charge in [0, 0.05) is 0 Å². The van der Waals surface area contributed by atoms with Crippen molar-refractivity contribution in [3.63, 3.8) is 0 Å². The Balaban J connectivity index is 2.07. The summed E-state index contributed by atoms with van der Waals surface area (Å²) in [5.41, 5.74) is -0.596. The first-order valence-electron chi connectivity index (χ1n) is 8.09. The van der Waals surface area contributed by atoms with E-state index in [-0.39, 0.29) is 0 Å². The van der Waals surface area contributed by atoms with E-state index in [0.29, 0.717) is 0 Å². The maximum absolute atomic E-state index is 11.3. The second-order valence-corrected chi connectivity index (χ2v) is 6.14. The van der Waals surface area contributed by atoms with Gasteiger partial charge in [-0.3, -0.25) is 9.69 Å². The third-order valence-electron chi connectivity index (χ3n) is 4.53. The van der Waals surface area contributed by atoms with Crippen molar-refractivity contribution in [2.75, 3.05) is 13.1 Å². The molecule has 1 aliphatic rings. The van der Waals surface area contributed by atoms with Gasteiger partial charge >= 0.3 is 5.97 Å². The first-order chi connectivity index (χ1) is 9.11. The molecule has 0 bridgehead atoms. The fourth-order valence-electron chi connectivity index (χ4n) is 3.06. The van der Waals surface area contributed by atoms with E-state index in [9.17, 15) is 9.90 Å². The Labute approximate surface area is 118 Å². The molecule has 1 saturated heterocycles. The van der Waals surface area contributed by atoms with E-state index in [1.54, 1.807) is 0 Å². The number of nitrogens with zero attached hydrogens (tertiary/aromatic N) is 1. The van der Waals surface area contributed by atoms with Crippen LogP contribution in [0.4, 0.5) is 0 Å². The molecule has 0 radical (unpaired) electrons. The molecule has 1 rings (SSSR count). The van der Waals surface area contributed by atoms with Crippen LogP contribution in [0.5, 0.6) is 0 Å². The van der Waals surface area contributed by atoms with Crippen LogP contribution in [0, 0.1) is 0 Å². The van der Waals surface area contributed by atoms with Crippen molar-refractivity contribution < 1.29 is 9.90 Å². The summed E-state index contributed by atoms with van der Waals surface area (Å²) in [7, 11) is 0. The Hall–Kier alpha value is -0.570. The quantitative estimate of drug-likeness (QED) is 0.608. The van der Waals surface area contributed by atoms with Crippen LogP contribution in [-0.4, -0.2) is 34.6 Å². The van der Waals surface area contributed by atoms with Crippen molar-refractivity contribution in [3.8, 4) is 0 Å². The number of carbonyl (C=O) groups is 1. The van der Waals surface area contributed by atoms with Gasteiger partial charge in [0.2, 0.25) is 0 Å². The summed E-state index contributed by atoms with van der Waals surface area (Å²) < 4.78 is 0. The van der Waals surface area contributed by atoms with Crippen LogP contribution in [-0.2, 0) is 4.79 Å². The lowest BCUT2D eigenvalue weighted by molar-refractivity contribution is -0.148. The Kier molecular flexibility index (Phi) is 7.44. The van der Waals surface area contributed by atoms with Crippen molar-refractivity contribution in [1.29, 1.82) is 0 Å². The minimum Gasteiger partial charge on any atom is -0.480 e. The summed E-state index contributed by atoms with van der Waals surface area (Å²) in [5, 5.41) is 9.32. The molecule has 1 fully saturated rings. The SMILES string of the molecule is CCCCCCCCCCN1CCCC1(C)C(=O)O. The largest absolute Gasteiger partial charge is 0.480 e. The molecule has 0 spiro atoms. The van der Waals surface area contributed by atoms with Gasteiger partial charge in [0.05, 0.1) is 0 Å². The van der Waals surface area contributed by atoms with Crippen molar-refractivity contribution >= 4 is 5.97 Å². The van der Waals surface area contributed by atoms with Gasteiger partial charge in [0.1, 0.15) is 5.54 Å². The number of likely N-dealkylation sites (tertiary alicyclic amines) is 1. The Morgan fingerprint density at radius 2 is 1.68 bits per heavy atom. The molecule has 19 heavy (non-hydrogen) atoms. The number of carboxylic acids is 1. The summed E-state index contributed by atoms with van der Waals surface area (Å²) in [5.74, 6) is -0.649. The smallest absolute Gasteiger partial charge is 0.323 e. The highest BCUT2D eigenvalue weighted by Crippen LogP contribution is 2.29. The van der Waals surface area contributed by atoms with Crippen molar-refractivity contribution in [3.05, 3.63) is 0 Å². The monoisotopic (exact) mass is 269 g/mol. The molecule has 1 unspecified atom stereocenters. The van der Waals surface area contributed by atoms with Crippen LogP contribution < -0.4 is 0 Å². The van der Waals surface area contributed by atoms with Crippen LogP contribution >= 0.6 is 0 Å². The van der Waals surface area contributed by atoms with Gasteiger partial charge in [-0.2, -0.15) is 0 Å². The molecule has 1 aliphatic heterocycles. The maximum atomic E-state index is 11.3. The van der Waals surface area contributed by atoms with Crippen LogP contribution in [0.1, 0.15) is 78.1 Å². The summed E-state index contributed by atoms with van der Waals surface area (Å²) in [4.78, 5) is 13.5. The number of unbranched alkanes of at least 4 members (excludes halogenated alkanes) is 7. The van der Waals surface area contributed by atoms with Gasteiger partial charge in [0.25, 0.3) is 0 Å². The minimum atomic E-state index is -0.649. The van der Waals surface area contributed by atoms with Crippen LogP contribution in [0.2, 0.25) is 0 Å². The highest BCUT2D eigenvalue weighted by atomic mass is 16.4. The standard InChI is InChI=1S/C16H31NO2/c1-3-4-5-6-7-8-9-10-13-17-14-11-12-16(17,2)15(18)19/h3-14H2,1-2H3,(H,18,19). The van der Waals surface area contributed by atoms with Crippen molar-refractivity contribution in [2.24, 2.45) is 0 Å². The second-order valence-electron chi connectivity index (χ2n) is 6.14. The Morgan fingerprint density at radius 1 is 1.11 bits per heavy atom. The summed E-state index contributed by atoms with van der Waals surface area (Å²) in [6, 6.07) is 0. The van der Waals surface area contributed by atoms with Crippen LogP contribution in [0.15, 0.2) is 0 Å². The second kappa shape index (κ2) is 8.57. The molecular formula is C16H31NO2. The Morgan fingerprint density at radius 3 is 2.26 bits per heavy atom. The van der Waals surface area contributed by atoms with Gasteiger partial charge in [-0.1, -0.05) is 51.9 Å². The van der Waals surface area contributed by atoms with E-state index in [0.717, 1.165) is 32.4 Å². The lowest BCUT2D eigenvalue weighted by Gasteiger charge is -2.31. The minimum absolute atomic E-state index is 0.596. The molecule has 0 aromatic heterocycles. The fourth-order valence-corrected chi connectivity index (χ4v) is 3.06. The molecule has 0 saturated carbocycles. The summed E-state index contributed by atoms with van der Waals surface area (Å²) in [6.07, 6.45) is 12.3. The van der Waals surface area contributed by atoms with Crippen molar-refractivity contribution in [2.45, 2.75) is 83.6 Å². The first kappa shape index (κ1) is 16.5. The van der Waals surface area contributed by atoms with E-state index < -0.39 is 11.5 Å². The zero-order valence-electron chi connectivity index (χ0n) is 12.8. The number of aliphatic carboxylic acids is 1. The lowest BCUT2D eigenvalue weighted by atomic mass is 9.99. The average molecular weight is 269 g/mol. The summed E-state index contributed by atoms with van der Waals surface area (Å²) in [6.45, 7) is 6.04. The highest BCUT2D eigenvalue weighted by Gasteiger charge is 2.42. The zero-order valence-corrected chi connectivity index (χ0v) is 12.8. The average Bonchev–Trinajstić information content (AvgIpc) is 2.76. The molecule has 1 atom stereocenters. The molecule has 0 aliphatic carbocycles. The molecule has 1 N–H and O–H groups in total. The van der Waals surface area contributed by atoms with Gasteiger partial charge in [-0.25, -0.2) is 0 Å². The summed E-state index contributed by atoms with van der Waals surface area (Å²) >= 11 is 0. The normalized spacial score (nSPS) is 23.9. The molecule has 0 amide bonds. The molecule has 1 heterocycles. The van der Waals surface area contributed by atoms with Crippen LogP contribution in [0.3, 0.4) is 0 Å². The highest BCUT2D eigenvalue weighted by molar-refractivity contribution is 5.78. The number of hydrogen-bond donors (Lipinski definition) is 1. The van der Waals surface area contributed by atoms with Gasteiger partial charge in [-0.05, 0) is 39.3 Å². The molecular weight excluding hydrogens is 238 g/mol. The third kappa shape index (κ3) is 5.13. The topological polar surface area (TPSA) is 40.5 Å². The Bertz CT molecular complexity index is 267. The number of hydrogen-bond acceptors (Lipinski definition) is 2. The third-order valence-corrected chi connectivity index (χ3v) is 4.53. The lowest BCUT2D eigenvalue weighted by Crippen LogP contribution is -2.48. The molecule has 3 nitrogen and oxygen atoms in total. The maximum Gasteiger partial charge on any atom is 0.323 e. The molecule has 3 heteroatoms. The van der Waals surface area contributed by atoms with E-state index >= 15 is 0 Å². The molecule has 0 aromatic rings.